The maximum absolute atomic E-state index is 4.55. The van der Waals surface area contributed by atoms with E-state index in [0.717, 1.165) is 56.5 Å². The maximum atomic E-state index is 4.55. The van der Waals surface area contributed by atoms with Crippen molar-refractivity contribution in [3.8, 4) is 0 Å². The molecule has 6 heteroatoms. The average Bonchev–Trinajstić information content (AvgIpc) is 2.96. The summed E-state index contributed by atoms with van der Waals surface area (Å²) in [5, 5.41) is 10.6. The summed E-state index contributed by atoms with van der Waals surface area (Å²) < 4.78 is 0. The molecular formula is C13H18N6. The van der Waals surface area contributed by atoms with Crippen molar-refractivity contribution < 1.29 is 0 Å². The molecule has 0 atom stereocenters. The molecule has 2 aromatic heterocycles. The molecule has 0 saturated carbocycles. The van der Waals surface area contributed by atoms with Gasteiger partial charge in [-0.25, -0.2) is 0 Å². The molecule has 0 aliphatic carbocycles. The molecule has 1 saturated heterocycles. The van der Waals surface area contributed by atoms with Gasteiger partial charge in [0, 0.05) is 44.5 Å². The number of hydrogen-bond acceptors (Lipinski definition) is 5. The Bertz CT molecular complexity index is 503. The summed E-state index contributed by atoms with van der Waals surface area (Å²) in [7, 11) is 0. The number of rotatable bonds is 4. The minimum absolute atomic E-state index is 0.817. The lowest BCUT2D eigenvalue weighted by Gasteiger charge is -2.25. The summed E-state index contributed by atoms with van der Waals surface area (Å²) in [6.07, 6.45) is 3.55. The Hall–Kier alpha value is -1.95. The highest BCUT2D eigenvalue weighted by Crippen LogP contribution is 2.09. The van der Waals surface area contributed by atoms with Gasteiger partial charge in [0.05, 0.1) is 0 Å². The second-order valence-corrected chi connectivity index (χ2v) is 4.64. The van der Waals surface area contributed by atoms with E-state index < -0.39 is 0 Å². The summed E-state index contributed by atoms with van der Waals surface area (Å²) >= 11 is 0. The number of pyridine rings is 1. The third-order valence-electron chi connectivity index (χ3n) is 3.26. The van der Waals surface area contributed by atoms with Crippen LogP contribution in [0.2, 0.25) is 0 Å². The van der Waals surface area contributed by atoms with E-state index >= 15 is 0 Å². The standard InChI is InChI=1S/C13H18N6/c1-2-6-15-11(3-1)4-5-12-16-13(18-17-12)19-9-7-14-8-10-19/h1-3,6,14H,4-5,7-10H2,(H,16,17,18). The van der Waals surface area contributed by atoms with E-state index in [1.807, 2.05) is 24.4 Å². The van der Waals surface area contributed by atoms with Crippen LogP contribution >= 0.6 is 0 Å². The van der Waals surface area contributed by atoms with Crippen LogP contribution in [-0.4, -0.2) is 46.3 Å². The van der Waals surface area contributed by atoms with Crippen LogP contribution in [-0.2, 0) is 12.8 Å². The number of aromatic amines is 1. The van der Waals surface area contributed by atoms with Crippen LogP contribution in [0, 0.1) is 0 Å². The largest absolute Gasteiger partial charge is 0.337 e. The normalized spacial score (nSPS) is 15.7. The molecule has 2 N–H and O–H groups in total. The Morgan fingerprint density at radius 2 is 2.05 bits per heavy atom. The van der Waals surface area contributed by atoms with Crippen molar-refractivity contribution in [3.05, 3.63) is 35.9 Å². The van der Waals surface area contributed by atoms with E-state index in [0.29, 0.717) is 0 Å². The lowest BCUT2D eigenvalue weighted by Crippen LogP contribution is -2.44. The van der Waals surface area contributed by atoms with Crippen LogP contribution < -0.4 is 10.2 Å². The first-order chi connectivity index (χ1) is 9.42. The molecule has 1 aliphatic rings. The smallest absolute Gasteiger partial charge is 0.244 e. The monoisotopic (exact) mass is 258 g/mol. The van der Waals surface area contributed by atoms with E-state index in [-0.39, 0.29) is 0 Å². The van der Waals surface area contributed by atoms with Gasteiger partial charge in [0.25, 0.3) is 0 Å². The molecule has 2 aromatic rings. The fourth-order valence-corrected chi connectivity index (χ4v) is 2.20. The van der Waals surface area contributed by atoms with Crippen LogP contribution in [0.4, 0.5) is 5.95 Å². The first kappa shape index (κ1) is 12.1. The van der Waals surface area contributed by atoms with E-state index in [2.05, 4.69) is 30.4 Å². The molecule has 0 amide bonds. The second kappa shape index (κ2) is 5.79. The number of aromatic nitrogens is 4. The Morgan fingerprint density at radius 3 is 2.84 bits per heavy atom. The number of anilines is 1. The molecule has 0 aromatic carbocycles. The third kappa shape index (κ3) is 3.08. The topological polar surface area (TPSA) is 69.7 Å². The van der Waals surface area contributed by atoms with Gasteiger partial charge in [0.1, 0.15) is 5.82 Å². The maximum Gasteiger partial charge on any atom is 0.244 e. The molecular weight excluding hydrogens is 240 g/mol. The van der Waals surface area contributed by atoms with Gasteiger partial charge < -0.3 is 10.2 Å². The van der Waals surface area contributed by atoms with Crippen LogP contribution in [0.3, 0.4) is 0 Å². The zero-order valence-corrected chi connectivity index (χ0v) is 10.8. The van der Waals surface area contributed by atoms with E-state index in [1.54, 1.807) is 0 Å². The van der Waals surface area contributed by atoms with Gasteiger partial charge in [-0.1, -0.05) is 6.07 Å². The molecule has 1 fully saturated rings. The first-order valence-corrected chi connectivity index (χ1v) is 6.69. The summed E-state index contributed by atoms with van der Waals surface area (Å²) in [6, 6.07) is 5.98. The lowest BCUT2D eigenvalue weighted by molar-refractivity contribution is 0.580. The Morgan fingerprint density at radius 1 is 1.16 bits per heavy atom. The number of aryl methyl sites for hydroxylation is 2. The van der Waals surface area contributed by atoms with Crippen LogP contribution in [0.15, 0.2) is 24.4 Å². The predicted octanol–water partition coefficient (Wildman–Crippen LogP) is 0.394. The Balaban J connectivity index is 1.58. The van der Waals surface area contributed by atoms with Crippen molar-refractivity contribution in [1.82, 2.24) is 25.5 Å². The van der Waals surface area contributed by atoms with Gasteiger partial charge in [-0.15, -0.1) is 5.10 Å². The van der Waals surface area contributed by atoms with Gasteiger partial charge in [-0.05, 0) is 18.6 Å². The highest BCUT2D eigenvalue weighted by atomic mass is 15.4. The predicted molar refractivity (Wildman–Crippen MR) is 73.1 cm³/mol. The average molecular weight is 258 g/mol. The number of nitrogens with zero attached hydrogens (tertiary/aromatic N) is 4. The molecule has 3 heterocycles. The van der Waals surface area contributed by atoms with Crippen molar-refractivity contribution >= 4 is 5.95 Å². The SMILES string of the molecule is c1ccc(CCc2nc(N3CCNCC3)n[nH]2)nc1. The van der Waals surface area contributed by atoms with Crippen LogP contribution in [0.5, 0.6) is 0 Å². The molecule has 19 heavy (non-hydrogen) atoms. The molecule has 100 valence electrons. The summed E-state index contributed by atoms with van der Waals surface area (Å²) in [5.41, 5.74) is 1.09. The molecule has 0 bridgehead atoms. The van der Waals surface area contributed by atoms with Crippen molar-refractivity contribution in [2.45, 2.75) is 12.8 Å². The summed E-state index contributed by atoms with van der Waals surface area (Å²) in [6.45, 7) is 3.94. The summed E-state index contributed by atoms with van der Waals surface area (Å²) in [5.74, 6) is 1.75. The van der Waals surface area contributed by atoms with E-state index in [4.69, 9.17) is 0 Å². The van der Waals surface area contributed by atoms with Crippen LogP contribution in [0.25, 0.3) is 0 Å². The quantitative estimate of drug-likeness (QED) is 0.830. The Kier molecular flexibility index (Phi) is 3.69. The third-order valence-corrected chi connectivity index (χ3v) is 3.26. The Labute approximate surface area is 112 Å². The lowest BCUT2D eigenvalue weighted by atomic mass is 10.2. The van der Waals surface area contributed by atoms with Crippen molar-refractivity contribution in [1.29, 1.82) is 0 Å². The van der Waals surface area contributed by atoms with Gasteiger partial charge in [-0.3, -0.25) is 10.1 Å². The molecule has 0 radical (unpaired) electrons. The van der Waals surface area contributed by atoms with Crippen molar-refractivity contribution in [2.75, 3.05) is 31.1 Å². The van der Waals surface area contributed by atoms with Gasteiger partial charge in [0.2, 0.25) is 5.95 Å². The molecule has 0 spiro atoms. The highest BCUT2D eigenvalue weighted by molar-refractivity contribution is 5.29. The fraction of sp³-hybridized carbons (Fsp3) is 0.462. The minimum Gasteiger partial charge on any atom is -0.337 e. The fourth-order valence-electron chi connectivity index (χ4n) is 2.20. The van der Waals surface area contributed by atoms with Gasteiger partial charge in [-0.2, -0.15) is 4.98 Å². The zero-order valence-electron chi connectivity index (χ0n) is 10.8. The second-order valence-electron chi connectivity index (χ2n) is 4.64. The van der Waals surface area contributed by atoms with Crippen LogP contribution in [0.1, 0.15) is 11.5 Å². The summed E-state index contributed by atoms with van der Waals surface area (Å²) in [4.78, 5) is 11.1. The molecule has 0 unspecified atom stereocenters. The number of nitrogens with one attached hydrogen (secondary N) is 2. The van der Waals surface area contributed by atoms with Crippen molar-refractivity contribution in [2.24, 2.45) is 0 Å². The number of piperazine rings is 1. The van der Waals surface area contributed by atoms with E-state index in [9.17, 15) is 0 Å². The molecule has 6 nitrogen and oxygen atoms in total. The van der Waals surface area contributed by atoms with Gasteiger partial charge in [0.15, 0.2) is 0 Å². The van der Waals surface area contributed by atoms with E-state index in [1.165, 1.54) is 0 Å². The minimum atomic E-state index is 0.817. The van der Waals surface area contributed by atoms with Crippen molar-refractivity contribution in [3.63, 3.8) is 0 Å². The molecule has 3 rings (SSSR count). The molecule has 1 aliphatic heterocycles. The zero-order chi connectivity index (χ0) is 12.9. The van der Waals surface area contributed by atoms with Gasteiger partial charge >= 0.3 is 0 Å². The first-order valence-electron chi connectivity index (χ1n) is 6.69. The number of hydrogen-bond donors (Lipinski definition) is 2. The number of H-pyrrole nitrogens is 1. The highest BCUT2D eigenvalue weighted by Gasteiger charge is 2.14.